The second-order valence-electron chi connectivity index (χ2n) is 5.51. The van der Waals surface area contributed by atoms with Crippen molar-refractivity contribution in [1.29, 1.82) is 0 Å². The molecule has 7 nitrogen and oxygen atoms in total. The smallest absolute Gasteiger partial charge is 0.475 e. The van der Waals surface area contributed by atoms with E-state index in [1.165, 1.54) is 18.2 Å². The van der Waals surface area contributed by atoms with Crippen LogP contribution in [0.4, 0.5) is 37.7 Å². The van der Waals surface area contributed by atoms with Gasteiger partial charge in [-0.25, -0.2) is 4.21 Å². The Morgan fingerprint density at radius 1 is 1.13 bits per heavy atom. The van der Waals surface area contributed by atoms with Gasteiger partial charge in [-0.05, 0) is 42.1 Å². The van der Waals surface area contributed by atoms with Gasteiger partial charge in [0, 0.05) is 16.6 Å². The number of nitrogens with one attached hydrogen (secondary N) is 1. The Labute approximate surface area is 176 Å². The number of carbonyl (C=O) groups excluding carboxylic acids is 1. The Balaban J connectivity index is 2.09. The predicted molar refractivity (Wildman–Crippen MR) is 98.0 cm³/mol. The van der Waals surface area contributed by atoms with Crippen molar-refractivity contribution in [2.75, 3.05) is 11.9 Å². The van der Waals surface area contributed by atoms with Crippen LogP contribution in [0, 0.1) is 10.1 Å². The molecule has 0 aliphatic carbocycles. The topological polar surface area (TPSA) is 98.5 Å². The van der Waals surface area contributed by atoms with Crippen LogP contribution in [0.1, 0.15) is 0 Å². The van der Waals surface area contributed by atoms with Gasteiger partial charge >= 0.3 is 16.7 Å². The second kappa shape index (κ2) is 9.55. The van der Waals surface area contributed by atoms with Crippen molar-refractivity contribution in [1.82, 2.24) is 0 Å². The van der Waals surface area contributed by atoms with Gasteiger partial charge in [-0.3, -0.25) is 14.9 Å². The summed E-state index contributed by atoms with van der Waals surface area (Å²) in [5.74, 6) is -1.46. The molecule has 1 atom stereocenters. The molecule has 0 aliphatic heterocycles. The normalized spacial score (nSPS) is 12.8. The molecule has 168 valence electrons. The van der Waals surface area contributed by atoms with E-state index in [1.54, 1.807) is 0 Å². The van der Waals surface area contributed by atoms with Crippen LogP contribution in [0.15, 0.2) is 52.3 Å². The average Bonchev–Trinajstić information content (AvgIpc) is 2.63. The van der Waals surface area contributed by atoms with Gasteiger partial charge in [-0.2, -0.15) is 26.3 Å². The average molecular weight is 488 g/mol. The van der Waals surface area contributed by atoms with Crippen LogP contribution in [0.5, 0.6) is 5.75 Å². The van der Waals surface area contributed by atoms with Crippen LogP contribution in [0.2, 0.25) is 0 Å². The van der Waals surface area contributed by atoms with E-state index in [0.29, 0.717) is 12.1 Å². The third-order valence-corrected chi connectivity index (χ3v) is 5.09. The van der Waals surface area contributed by atoms with Gasteiger partial charge in [0.2, 0.25) is 0 Å². The molecule has 1 unspecified atom stereocenters. The summed E-state index contributed by atoms with van der Waals surface area (Å²) in [4.78, 5) is 20.9. The molecule has 0 heterocycles. The first-order chi connectivity index (χ1) is 14.3. The van der Waals surface area contributed by atoms with Crippen molar-refractivity contribution in [3.05, 3.63) is 52.6 Å². The molecule has 2 aromatic carbocycles. The van der Waals surface area contributed by atoms with Crippen LogP contribution >= 0.6 is 11.8 Å². The lowest BCUT2D eigenvalue weighted by atomic mass is 10.3. The van der Waals surface area contributed by atoms with Crippen LogP contribution in [-0.4, -0.2) is 32.7 Å². The lowest BCUT2D eigenvalue weighted by Crippen LogP contribution is -2.20. The highest BCUT2D eigenvalue weighted by Gasteiger charge is 2.39. The number of ether oxygens (including phenoxy) is 1. The van der Waals surface area contributed by atoms with Crippen molar-refractivity contribution in [3.8, 4) is 5.75 Å². The van der Waals surface area contributed by atoms with Gasteiger partial charge in [0.15, 0.2) is 23.2 Å². The third kappa shape index (κ3) is 7.43. The fourth-order valence-corrected chi connectivity index (χ4v) is 3.40. The molecule has 0 saturated heterocycles. The number of nitro benzene ring substituents is 1. The Morgan fingerprint density at radius 3 is 2.39 bits per heavy atom. The van der Waals surface area contributed by atoms with Crippen LogP contribution in [-0.2, 0) is 15.6 Å². The molecule has 1 amide bonds. The minimum Gasteiger partial charge on any atom is -0.477 e. The summed E-state index contributed by atoms with van der Waals surface area (Å²) in [6, 6.07) is 6.62. The molecule has 0 spiro atoms. The number of amides is 1. The van der Waals surface area contributed by atoms with Gasteiger partial charge < -0.3 is 10.1 Å². The molecule has 0 aromatic heterocycles. The number of nitrogens with zero attached hydrogens (tertiary/aromatic N) is 1. The van der Waals surface area contributed by atoms with Crippen molar-refractivity contribution >= 4 is 39.8 Å². The summed E-state index contributed by atoms with van der Waals surface area (Å²) < 4.78 is 91.1. The maximum Gasteiger partial charge on any atom is 0.475 e. The molecule has 1 N–H and O–H groups in total. The van der Waals surface area contributed by atoms with E-state index in [9.17, 15) is 45.5 Å². The van der Waals surface area contributed by atoms with Crippen molar-refractivity contribution < 1.29 is 45.0 Å². The summed E-state index contributed by atoms with van der Waals surface area (Å²) in [5.41, 5.74) is -10.6. The minimum atomic E-state index is -5.13. The SMILES string of the molecule is O=C(COc1ccc(S(=O)C(F)(F)F)cc1[N+](=O)[O-])Nc1cccc(SC(F)(F)F)c1. The van der Waals surface area contributed by atoms with Crippen LogP contribution in [0.25, 0.3) is 0 Å². The molecule has 0 radical (unpaired) electrons. The molecule has 0 bridgehead atoms. The first-order valence-electron chi connectivity index (χ1n) is 7.82. The fourth-order valence-electron chi connectivity index (χ4n) is 2.12. The van der Waals surface area contributed by atoms with Gasteiger partial charge in [-0.15, -0.1) is 0 Å². The molecule has 31 heavy (non-hydrogen) atoms. The van der Waals surface area contributed by atoms with Crippen molar-refractivity contribution in [2.45, 2.75) is 20.8 Å². The van der Waals surface area contributed by atoms with Crippen LogP contribution in [0.3, 0.4) is 0 Å². The number of nitro groups is 1. The largest absolute Gasteiger partial charge is 0.477 e. The van der Waals surface area contributed by atoms with Gasteiger partial charge in [0.1, 0.15) is 0 Å². The van der Waals surface area contributed by atoms with E-state index in [4.69, 9.17) is 4.74 Å². The zero-order valence-electron chi connectivity index (χ0n) is 14.8. The number of alkyl halides is 6. The van der Waals surface area contributed by atoms with Crippen LogP contribution < -0.4 is 10.1 Å². The lowest BCUT2D eigenvalue weighted by Gasteiger charge is -2.11. The van der Waals surface area contributed by atoms with E-state index in [-0.39, 0.29) is 10.6 Å². The Kier molecular flexibility index (Phi) is 7.54. The van der Waals surface area contributed by atoms with Crippen molar-refractivity contribution in [3.63, 3.8) is 0 Å². The number of rotatable bonds is 7. The summed E-state index contributed by atoms with van der Waals surface area (Å²) in [5, 5.41) is 13.3. The Morgan fingerprint density at radius 2 is 1.81 bits per heavy atom. The quantitative estimate of drug-likeness (QED) is 0.259. The van der Waals surface area contributed by atoms with Gasteiger partial charge in [-0.1, -0.05) is 6.07 Å². The second-order valence-corrected chi connectivity index (χ2v) is 8.12. The highest BCUT2D eigenvalue weighted by molar-refractivity contribution is 8.00. The number of hydrogen-bond acceptors (Lipinski definition) is 6. The Hall–Kier alpha value is -2.81. The summed E-state index contributed by atoms with van der Waals surface area (Å²) >= 11 is -0.400. The maximum atomic E-state index is 12.5. The zero-order valence-corrected chi connectivity index (χ0v) is 16.5. The molecule has 2 rings (SSSR count). The number of halogens is 6. The standard InChI is InChI=1S/C16H10F6N2O5S2/c17-15(18,19)30-10-3-1-2-9(6-10)23-14(25)8-29-13-5-4-11(7-12(13)24(26)27)31(28)16(20,21)22/h1-7H,8H2,(H,23,25). The molecular formula is C16H10F6N2O5S2. The van der Waals surface area contributed by atoms with E-state index in [1.807, 2.05) is 0 Å². The van der Waals surface area contributed by atoms with E-state index in [0.717, 1.165) is 12.1 Å². The fraction of sp³-hybridized carbons (Fsp3) is 0.188. The summed E-state index contributed by atoms with van der Waals surface area (Å²) in [6.45, 7) is -0.834. The minimum absolute atomic E-state index is 0.00623. The Bertz CT molecular complexity index is 1010. The van der Waals surface area contributed by atoms with Gasteiger partial charge in [0.05, 0.1) is 9.82 Å². The molecule has 0 aliphatic rings. The molecule has 15 heteroatoms. The van der Waals surface area contributed by atoms with E-state index >= 15 is 0 Å². The molecule has 2 aromatic rings. The number of thioether (sulfide) groups is 1. The summed E-state index contributed by atoms with van der Waals surface area (Å²) in [7, 11) is -3.51. The molecule has 0 saturated carbocycles. The predicted octanol–water partition coefficient (Wildman–Crippen LogP) is 4.85. The third-order valence-electron chi connectivity index (χ3n) is 3.26. The summed E-state index contributed by atoms with van der Waals surface area (Å²) in [6.07, 6.45) is 0. The van der Waals surface area contributed by atoms with E-state index < -0.39 is 67.3 Å². The van der Waals surface area contributed by atoms with Crippen molar-refractivity contribution in [2.24, 2.45) is 0 Å². The highest BCUT2D eigenvalue weighted by Crippen LogP contribution is 2.37. The first-order valence-corrected chi connectivity index (χ1v) is 9.78. The first kappa shape index (κ1) is 24.5. The number of hydrogen-bond donors (Lipinski definition) is 1. The maximum absolute atomic E-state index is 12.5. The molecule has 0 fully saturated rings. The number of anilines is 1. The highest BCUT2D eigenvalue weighted by atomic mass is 32.2. The lowest BCUT2D eigenvalue weighted by molar-refractivity contribution is -0.386. The van der Waals surface area contributed by atoms with Gasteiger partial charge in [0.25, 0.3) is 5.91 Å². The zero-order chi connectivity index (χ0) is 23.4. The van der Waals surface area contributed by atoms with E-state index in [2.05, 4.69) is 5.32 Å². The monoisotopic (exact) mass is 488 g/mol. The number of carbonyl (C=O) groups is 1. The molecular weight excluding hydrogens is 478 g/mol. The number of benzene rings is 2.